The van der Waals surface area contributed by atoms with Crippen LogP contribution in [0.15, 0.2) is 29.1 Å². The van der Waals surface area contributed by atoms with Crippen molar-refractivity contribution in [1.29, 1.82) is 0 Å². The number of fused-ring (bicyclic) bond motifs is 1. The molecule has 1 aromatic heterocycles. The first-order valence-electron chi connectivity index (χ1n) is 8.23. The maximum Gasteiger partial charge on any atom is 0.264 e. The van der Waals surface area contributed by atoms with Gasteiger partial charge in [0.05, 0.1) is 5.56 Å². The lowest BCUT2D eigenvalue weighted by atomic mass is 9.87. The molecule has 118 valence electrons. The molecule has 1 heterocycles. The molecule has 0 bridgehead atoms. The summed E-state index contributed by atoms with van der Waals surface area (Å²) < 4.78 is 13.7. The summed E-state index contributed by atoms with van der Waals surface area (Å²) in [5.41, 5.74) is 4.00. The van der Waals surface area contributed by atoms with Gasteiger partial charge < -0.3 is 4.98 Å². The number of hydrogen-bond acceptors (Lipinski definition) is 1. The van der Waals surface area contributed by atoms with Gasteiger partial charge in [0.25, 0.3) is 5.56 Å². The van der Waals surface area contributed by atoms with E-state index in [0.717, 1.165) is 60.9 Å². The standard InChI is InChI=1S/C20H20FNO/c1-2-3-4-11-17-19(14-8-7-9-15(21)13-14)16-10-5-6-12-18(16)22-20(17)23/h7-9,13H,2-3,5-6,10,12H2,1H3,(H,22,23). The van der Waals surface area contributed by atoms with Crippen molar-refractivity contribution in [3.05, 3.63) is 57.3 Å². The van der Waals surface area contributed by atoms with Crippen LogP contribution in [0.1, 0.15) is 49.4 Å². The van der Waals surface area contributed by atoms with Crippen LogP contribution < -0.4 is 5.56 Å². The average Bonchev–Trinajstić information content (AvgIpc) is 2.55. The van der Waals surface area contributed by atoms with Gasteiger partial charge in [0.15, 0.2) is 0 Å². The lowest BCUT2D eigenvalue weighted by Gasteiger charge is -2.20. The monoisotopic (exact) mass is 309 g/mol. The maximum atomic E-state index is 13.7. The van der Waals surface area contributed by atoms with Gasteiger partial charge in [-0.15, -0.1) is 0 Å². The zero-order chi connectivity index (χ0) is 16.2. The molecule has 2 aromatic rings. The molecule has 0 spiro atoms. The van der Waals surface area contributed by atoms with Gasteiger partial charge in [0, 0.05) is 17.7 Å². The molecule has 0 unspecified atom stereocenters. The van der Waals surface area contributed by atoms with E-state index in [2.05, 4.69) is 23.7 Å². The molecule has 23 heavy (non-hydrogen) atoms. The lowest BCUT2D eigenvalue weighted by Crippen LogP contribution is -2.20. The van der Waals surface area contributed by atoms with Crippen LogP contribution in [-0.2, 0) is 12.8 Å². The summed E-state index contributed by atoms with van der Waals surface area (Å²) in [7, 11) is 0. The van der Waals surface area contributed by atoms with Gasteiger partial charge >= 0.3 is 0 Å². The van der Waals surface area contributed by atoms with Crippen LogP contribution in [0, 0.1) is 17.7 Å². The molecule has 0 atom stereocenters. The van der Waals surface area contributed by atoms with E-state index in [0.29, 0.717) is 5.56 Å². The molecular weight excluding hydrogens is 289 g/mol. The second-order valence-electron chi connectivity index (χ2n) is 5.93. The molecule has 3 rings (SSSR count). The van der Waals surface area contributed by atoms with Crippen molar-refractivity contribution in [3.8, 4) is 23.0 Å². The molecule has 0 radical (unpaired) electrons. The number of H-pyrrole nitrogens is 1. The maximum absolute atomic E-state index is 13.7. The summed E-state index contributed by atoms with van der Waals surface area (Å²) >= 11 is 0. The minimum absolute atomic E-state index is 0.159. The first-order chi connectivity index (χ1) is 11.2. The SMILES string of the molecule is CCCC#Cc1c(-c2cccc(F)c2)c2c([nH]c1=O)CCCC2. The van der Waals surface area contributed by atoms with Gasteiger partial charge in [-0.05, 0) is 55.4 Å². The van der Waals surface area contributed by atoms with Gasteiger partial charge in [-0.25, -0.2) is 4.39 Å². The summed E-state index contributed by atoms with van der Waals surface area (Å²) in [4.78, 5) is 15.5. The Morgan fingerprint density at radius 3 is 2.87 bits per heavy atom. The molecule has 0 fully saturated rings. The van der Waals surface area contributed by atoms with Gasteiger partial charge in [0.2, 0.25) is 0 Å². The van der Waals surface area contributed by atoms with E-state index in [4.69, 9.17) is 0 Å². The van der Waals surface area contributed by atoms with Crippen molar-refractivity contribution >= 4 is 0 Å². The van der Waals surface area contributed by atoms with E-state index in [1.807, 2.05) is 6.07 Å². The van der Waals surface area contributed by atoms with Gasteiger partial charge in [0.1, 0.15) is 5.82 Å². The van der Waals surface area contributed by atoms with Crippen LogP contribution in [0.4, 0.5) is 4.39 Å². The fourth-order valence-electron chi connectivity index (χ4n) is 3.14. The van der Waals surface area contributed by atoms with Crippen molar-refractivity contribution in [2.24, 2.45) is 0 Å². The Hall–Kier alpha value is -2.34. The number of unbranched alkanes of at least 4 members (excludes halogenated alkanes) is 1. The highest BCUT2D eigenvalue weighted by molar-refractivity contribution is 5.75. The second-order valence-corrected chi connectivity index (χ2v) is 5.93. The molecule has 1 aliphatic carbocycles. The number of rotatable bonds is 2. The smallest absolute Gasteiger partial charge is 0.264 e. The Labute approximate surface area is 135 Å². The lowest BCUT2D eigenvalue weighted by molar-refractivity contribution is 0.628. The highest BCUT2D eigenvalue weighted by Gasteiger charge is 2.20. The van der Waals surface area contributed by atoms with Crippen LogP contribution in [0.5, 0.6) is 0 Å². The van der Waals surface area contributed by atoms with Crippen LogP contribution in [0.3, 0.4) is 0 Å². The molecule has 0 aliphatic heterocycles. The molecule has 2 nitrogen and oxygen atoms in total. The van der Waals surface area contributed by atoms with Crippen molar-refractivity contribution in [1.82, 2.24) is 4.98 Å². The topological polar surface area (TPSA) is 32.9 Å². The van der Waals surface area contributed by atoms with E-state index in [1.54, 1.807) is 6.07 Å². The number of aryl methyl sites for hydroxylation is 1. The van der Waals surface area contributed by atoms with Crippen LogP contribution in [0.25, 0.3) is 11.1 Å². The molecule has 0 saturated carbocycles. The predicted molar refractivity (Wildman–Crippen MR) is 90.9 cm³/mol. The molecule has 1 N–H and O–H groups in total. The Kier molecular flexibility index (Phi) is 4.62. The third-order valence-electron chi connectivity index (χ3n) is 4.21. The Morgan fingerprint density at radius 2 is 2.09 bits per heavy atom. The Balaban J connectivity index is 2.27. The van der Waals surface area contributed by atoms with Crippen molar-refractivity contribution in [2.45, 2.75) is 45.4 Å². The number of halogens is 1. The zero-order valence-corrected chi connectivity index (χ0v) is 13.3. The first kappa shape index (κ1) is 15.6. The average molecular weight is 309 g/mol. The zero-order valence-electron chi connectivity index (χ0n) is 13.3. The summed E-state index contributed by atoms with van der Waals surface area (Å²) in [6.07, 6.45) is 5.63. The fraction of sp³-hybridized carbons (Fsp3) is 0.350. The van der Waals surface area contributed by atoms with Crippen molar-refractivity contribution in [3.63, 3.8) is 0 Å². The number of aromatic amines is 1. The molecular formula is C20H20FNO. The van der Waals surface area contributed by atoms with E-state index >= 15 is 0 Å². The van der Waals surface area contributed by atoms with Crippen molar-refractivity contribution < 1.29 is 4.39 Å². The van der Waals surface area contributed by atoms with E-state index in [-0.39, 0.29) is 11.4 Å². The van der Waals surface area contributed by atoms with E-state index in [9.17, 15) is 9.18 Å². The van der Waals surface area contributed by atoms with Gasteiger partial charge in [-0.1, -0.05) is 30.9 Å². The summed E-state index contributed by atoms with van der Waals surface area (Å²) in [6, 6.07) is 6.46. The Morgan fingerprint density at radius 1 is 1.26 bits per heavy atom. The number of pyridine rings is 1. The molecule has 3 heteroatoms. The number of aromatic nitrogens is 1. The van der Waals surface area contributed by atoms with Gasteiger partial charge in [-0.3, -0.25) is 4.79 Å². The highest BCUT2D eigenvalue weighted by Crippen LogP contribution is 2.32. The number of nitrogens with one attached hydrogen (secondary N) is 1. The van der Waals surface area contributed by atoms with E-state index in [1.165, 1.54) is 12.1 Å². The Bertz CT molecular complexity index is 839. The van der Waals surface area contributed by atoms with Crippen LogP contribution in [0.2, 0.25) is 0 Å². The molecule has 1 aromatic carbocycles. The minimum Gasteiger partial charge on any atom is -0.325 e. The minimum atomic E-state index is -0.292. The molecule has 1 aliphatic rings. The highest BCUT2D eigenvalue weighted by atomic mass is 19.1. The summed E-state index contributed by atoms with van der Waals surface area (Å²) in [5, 5.41) is 0. The second kappa shape index (κ2) is 6.83. The van der Waals surface area contributed by atoms with Gasteiger partial charge in [-0.2, -0.15) is 0 Å². The fourth-order valence-corrected chi connectivity index (χ4v) is 3.14. The predicted octanol–water partition coefficient (Wildman–Crippen LogP) is 4.21. The van der Waals surface area contributed by atoms with Crippen LogP contribution in [-0.4, -0.2) is 4.98 Å². The largest absolute Gasteiger partial charge is 0.325 e. The quantitative estimate of drug-likeness (QED) is 0.828. The third-order valence-corrected chi connectivity index (χ3v) is 4.21. The van der Waals surface area contributed by atoms with Crippen LogP contribution >= 0.6 is 0 Å². The number of benzene rings is 1. The van der Waals surface area contributed by atoms with Crippen molar-refractivity contribution in [2.75, 3.05) is 0 Å². The van der Waals surface area contributed by atoms with E-state index < -0.39 is 0 Å². The number of hydrogen-bond donors (Lipinski definition) is 1. The summed E-state index contributed by atoms with van der Waals surface area (Å²) in [5.74, 6) is 5.80. The summed E-state index contributed by atoms with van der Waals surface area (Å²) in [6.45, 7) is 2.05. The normalized spacial score (nSPS) is 13.1. The first-order valence-corrected chi connectivity index (χ1v) is 8.23. The molecule has 0 saturated heterocycles. The molecule has 0 amide bonds. The third kappa shape index (κ3) is 3.22.